The number of esters is 1. The van der Waals surface area contributed by atoms with Crippen LogP contribution in [-0.2, 0) is 9.53 Å². The largest absolute Gasteiger partial charge is 0.469 e. The lowest BCUT2D eigenvalue weighted by Crippen LogP contribution is -2.21. The maximum Gasteiger partial charge on any atom is 0.314 e. The molecular weight excluding hydrogens is 212 g/mol. The van der Waals surface area contributed by atoms with Crippen molar-refractivity contribution in [2.24, 2.45) is 5.92 Å². The molecular formula is C15H16O2. The van der Waals surface area contributed by atoms with Crippen molar-refractivity contribution in [1.29, 1.82) is 0 Å². The number of hydrogen-bond acceptors (Lipinski definition) is 2. The number of benzene rings is 1. The molecule has 1 aromatic rings. The fraction of sp³-hybridized carbons (Fsp3) is 0.267. The van der Waals surface area contributed by atoms with Crippen molar-refractivity contribution in [2.45, 2.75) is 12.3 Å². The first-order valence-corrected chi connectivity index (χ1v) is 5.79. The number of hydrogen-bond donors (Lipinski definition) is 0. The van der Waals surface area contributed by atoms with Crippen molar-refractivity contribution >= 4 is 5.97 Å². The van der Waals surface area contributed by atoms with Crippen LogP contribution in [0.5, 0.6) is 0 Å². The van der Waals surface area contributed by atoms with Gasteiger partial charge < -0.3 is 4.74 Å². The van der Waals surface area contributed by atoms with Crippen molar-refractivity contribution in [3.05, 3.63) is 60.2 Å². The summed E-state index contributed by atoms with van der Waals surface area (Å²) in [6, 6.07) is 9.78. The maximum atomic E-state index is 11.9. The minimum Gasteiger partial charge on any atom is -0.469 e. The summed E-state index contributed by atoms with van der Waals surface area (Å²) >= 11 is 0. The van der Waals surface area contributed by atoms with E-state index in [0.29, 0.717) is 0 Å². The van der Waals surface area contributed by atoms with E-state index in [4.69, 9.17) is 4.74 Å². The van der Waals surface area contributed by atoms with E-state index in [2.05, 4.69) is 24.3 Å². The molecule has 0 N–H and O–H groups in total. The number of methoxy groups -OCH3 is 1. The second-order valence-electron chi connectivity index (χ2n) is 4.08. The molecule has 0 aliphatic heterocycles. The molecule has 0 aromatic heterocycles. The van der Waals surface area contributed by atoms with Gasteiger partial charge in [0.25, 0.3) is 0 Å². The number of rotatable bonds is 3. The topological polar surface area (TPSA) is 26.3 Å². The molecule has 88 valence electrons. The Morgan fingerprint density at radius 3 is 2.47 bits per heavy atom. The van der Waals surface area contributed by atoms with E-state index in [0.717, 1.165) is 12.0 Å². The fourth-order valence-electron chi connectivity index (χ4n) is 2.14. The Labute approximate surface area is 102 Å². The molecule has 0 saturated heterocycles. The molecule has 0 fully saturated rings. The van der Waals surface area contributed by atoms with E-state index in [1.54, 1.807) is 0 Å². The van der Waals surface area contributed by atoms with Crippen molar-refractivity contribution in [2.75, 3.05) is 7.11 Å². The Balaban J connectivity index is 2.31. The lowest BCUT2D eigenvalue weighted by atomic mass is 9.84. The van der Waals surface area contributed by atoms with E-state index >= 15 is 0 Å². The van der Waals surface area contributed by atoms with Crippen LogP contribution in [0.2, 0.25) is 0 Å². The third-order valence-corrected chi connectivity index (χ3v) is 2.99. The van der Waals surface area contributed by atoms with Crippen LogP contribution in [0.25, 0.3) is 0 Å². The summed E-state index contributed by atoms with van der Waals surface area (Å²) < 4.78 is 4.91. The van der Waals surface area contributed by atoms with Crippen LogP contribution in [0.15, 0.2) is 54.6 Å². The van der Waals surface area contributed by atoms with Gasteiger partial charge in [0.05, 0.1) is 13.0 Å². The fourth-order valence-corrected chi connectivity index (χ4v) is 2.14. The summed E-state index contributed by atoms with van der Waals surface area (Å²) in [4.78, 5) is 11.9. The van der Waals surface area contributed by atoms with Crippen LogP contribution in [0.1, 0.15) is 17.9 Å². The van der Waals surface area contributed by atoms with Gasteiger partial charge in [0.15, 0.2) is 0 Å². The van der Waals surface area contributed by atoms with Crippen LogP contribution in [0.4, 0.5) is 0 Å². The van der Waals surface area contributed by atoms with Crippen molar-refractivity contribution in [3.63, 3.8) is 0 Å². The maximum absolute atomic E-state index is 11.9. The second kappa shape index (κ2) is 5.48. The van der Waals surface area contributed by atoms with E-state index in [1.165, 1.54) is 7.11 Å². The highest BCUT2D eigenvalue weighted by Crippen LogP contribution is 2.30. The van der Waals surface area contributed by atoms with Gasteiger partial charge in [-0.2, -0.15) is 0 Å². The molecule has 0 bridgehead atoms. The van der Waals surface area contributed by atoms with E-state index in [-0.39, 0.29) is 17.8 Å². The molecule has 0 spiro atoms. The highest BCUT2D eigenvalue weighted by molar-refractivity contribution is 5.79. The molecule has 1 aliphatic rings. The van der Waals surface area contributed by atoms with Crippen LogP contribution in [-0.4, -0.2) is 13.1 Å². The van der Waals surface area contributed by atoms with Gasteiger partial charge in [0.1, 0.15) is 0 Å². The van der Waals surface area contributed by atoms with Gasteiger partial charge in [-0.3, -0.25) is 4.79 Å². The van der Waals surface area contributed by atoms with Gasteiger partial charge >= 0.3 is 5.97 Å². The Hall–Kier alpha value is -1.83. The van der Waals surface area contributed by atoms with Crippen molar-refractivity contribution in [1.82, 2.24) is 0 Å². The summed E-state index contributed by atoms with van der Waals surface area (Å²) in [6.07, 6.45) is 9.27. The monoisotopic (exact) mass is 228 g/mol. The van der Waals surface area contributed by atoms with Gasteiger partial charge in [-0.15, -0.1) is 0 Å². The Morgan fingerprint density at radius 2 is 1.88 bits per heavy atom. The standard InChI is InChI=1S/C15H16O2/c1-17-15(16)14(12-8-4-2-5-9-12)13-10-6-3-7-11-13/h2,4-11,13-14H,3H2,1H3/t14-/m1/s1. The highest BCUT2D eigenvalue weighted by Gasteiger charge is 2.27. The summed E-state index contributed by atoms with van der Waals surface area (Å²) in [7, 11) is 1.44. The van der Waals surface area contributed by atoms with E-state index in [9.17, 15) is 4.79 Å². The van der Waals surface area contributed by atoms with Crippen LogP contribution >= 0.6 is 0 Å². The van der Waals surface area contributed by atoms with Gasteiger partial charge in [-0.05, 0) is 12.0 Å². The summed E-state index contributed by atoms with van der Waals surface area (Å²) in [6.45, 7) is 0. The zero-order chi connectivity index (χ0) is 12.1. The van der Waals surface area contributed by atoms with Gasteiger partial charge in [-0.1, -0.05) is 54.6 Å². The quantitative estimate of drug-likeness (QED) is 0.587. The molecule has 2 nitrogen and oxygen atoms in total. The second-order valence-corrected chi connectivity index (χ2v) is 4.08. The molecule has 1 aliphatic carbocycles. The molecule has 0 heterocycles. The molecule has 0 saturated carbocycles. The Kier molecular flexibility index (Phi) is 3.76. The smallest absolute Gasteiger partial charge is 0.314 e. The van der Waals surface area contributed by atoms with Crippen molar-refractivity contribution in [3.8, 4) is 0 Å². The number of allylic oxidation sites excluding steroid dienone is 4. The summed E-state index contributed by atoms with van der Waals surface area (Å²) in [5, 5.41) is 0. The highest BCUT2D eigenvalue weighted by atomic mass is 16.5. The third-order valence-electron chi connectivity index (χ3n) is 2.99. The molecule has 0 unspecified atom stereocenters. The van der Waals surface area contributed by atoms with Crippen molar-refractivity contribution < 1.29 is 9.53 Å². The zero-order valence-electron chi connectivity index (χ0n) is 9.87. The van der Waals surface area contributed by atoms with E-state index < -0.39 is 0 Å². The Bertz CT molecular complexity index is 419. The number of carbonyl (C=O) groups is 1. The minimum absolute atomic E-state index is 0.0959. The van der Waals surface area contributed by atoms with Gasteiger partial charge in [0, 0.05) is 5.92 Å². The SMILES string of the molecule is COC(=O)[C@H](c1ccccc1)C1C=CCC=C1. The van der Waals surface area contributed by atoms with Crippen LogP contribution in [0, 0.1) is 5.92 Å². The molecule has 1 aromatic carbocycles. The lowest BCUT2D eigenvalue weighted by Gasteiger charge is -2.21. The molecule has 0 radical (unpaired) electrons. The molecule has 17 heavy (non-hydrogen) atoms. The first kappa shape index (κ1) is 11.6. The summed E-state index contributed by atoms with van der Waals surface area (Å²) in [5.41, 5.74) is 1.00. The first-order valence-electron chi connectivity index (χ1n) is 5.79. The van der Waals surface area contributed by atoms with Crippen LogP contribution in [0.3, 0.4) is 0 Å². The number of ether oxygens (including phenoxy) is 1. The number of carbonyl (C=O) groups excluding carboxylic acids is 1. The molecule has 2 rings (SSSR count). The van der Waals surface area contributed by atoms with E-state index in [1.807, 2.05) is 30.3 Å². The third kappa shape index (κ3) is 2.64. The predicted octanol–water partition coefficient (Wildman–Crippen LogP) is 3.08. The molecule has 2 heteroatoms. The first-order chi connectivity index (χ1) is 8.33. The summed E-state index contributed by atoms with van der Waals surface area (Å²) in [5.74, 6) is -0.329. The van der Waals surface area contributed by atoms with Gasteiger partial charge in [0.2, 0.25) is 0 Å². The average molecular weight is 228 g/mol. The predicted molar refractivity (Wildman–Crippen MR) is 67.6 cm³/mol. The molecule has 1 atom stereocenters. The average Bonchev–Trinajstić information content (AvgIpc) is 2.41. The molecule has 0 amide bonds. The van der Waals surface area contributed by atoms with Crippen LogP contribution < -0.4 is 0 Å². The van der Waals surface area contributed by atoms with Gasteiger partial charge in [-0.25, -0.2) is 0 Å². The zero-order valence-corrected chi connectivity index (χ0v) is 9.87. The Morgan fingerprint density at radius 1 is 1.24 bits per heavy atom. The lowest BCUT2D eigenvalue weighted by molar-refractivity contribution is -0.143. The minimum atomic E-state index is -0.242. The normalized spacial score (nSPS) is 16.8.